The van der Waals surface area contributed by atoms with Gasteiger partial charge in [-0.2, -0.15) is 10.2 Å². The molecule has 0 amide bonds. The van der Waals surface area contributed by atoms with Crippen molar-refractivity contribution in [3.05, 3.63) is 69.3 Å². The van der Waals surface area contributed by atoms with Gasteiger partial charge in [-0.25, -0.2) is 14.6 Å². The quantitative estimate of drug-likeness (QED) is 0.422. The Kier molecular flexibility index (Phi) is 4.93. The summed E-state index contributed by atoms with van der Waals surface area (Å²) in [5.41, 5.74) is 6.29. The number of anilines is 1. The molecule has 3 rings (SSSR count). The smallest absolute Gasteiger partial charge is 0.261 e. The van der Waals surface area contributed by atoms with Crippen molar-refractivity contribution in [1.82, 2.24) is 19.7 Å². The van der Waals surface area contributed by atoms with E-state index in [2.05, 4.69) is 25.6 Å². The molecule has 0 aliphatic carbocycles. The maximum atomic E-state index is 10.7. The lowest BCUT2D eigenvalue weighted by Gasteiger charge is -2.08. The van der Waals surface area contributed by atoms with Crippen LogP contribution in [0.25, 0.3) is 5.82 Å². The number of benzene rings is 1. The first kappa shape index (κ1) is 18.2. The Morgan fingerprint density at radius 3 is 2.44 bits per heavy atom. The number of hydrogen-bond donors (Lipinski definition) is 1. The number of aryl methyl sites for hydroxylation is 3. The highest BCUT2D eigenvalue weighted by atomic mass is 16.6. The topological polar surface area (TPSA) is 111 Å². The number of hydrazone groups is 1. The molecule has 0 saturated carbocycles. The van der Waals surface area contributed by atoms with Crippen molar-refractivity contribution in [2.24, 2.45) is 5.10 Å². The minimum absolute atomic E-state index is 0.0421. The number of nitrogens with one attached hydrogen (secondary N) is 1. The predicted octanol–water partition coefficient (Wildman–Crippen LogP) is 3.33. The Bertz CT molecular complexity index is 1020. The second-order valence-electron chi connectivity index (χ2n) is 6.11. The SMILES string of the molecule is CC(=NNc1cc(-n2nc(C)cc2C)nc(C)n1)c1ccc([N+](=O)[O-])cc1. The Hall–Kier alpha value is -3.62. The summed E-state index contributed by atoms with van der Waals surface area (Å²) in [6, 6.07) is 9.95. The average Bonchev–Trinajstić information content (AvgIpc) is 2.97. The molecule has 0 saturated heterocycles. The molecule has 0 bridgehead atoms. The molecule has 0 aliphatic heterocycles. The van der Waals surface area contributed by atoms with Crippen molar-refractivity contribution in [1.29, 1.82) is 0 Å². The molecule has 0 unspecified atom stereocenters. The fourth-order valence-corrected chi connectivity index (χ4v) is 2.61. The third-order valence-corrected chi connectivity index (χ3v) is 3.89. The van der Waals surface area contributed by atoms with E-state index in [4.69, 9.17) is 0 Å². The molecule has 0 aliphatic rings. The first-order valence-corrected chi connectivity index (χ1v) is 8.28. The summed E-state index contributed by atoms with van der Waals surface area (Å²) < 4.78 is 1.75. The van der Waals surface area contributed by atoms with Gasteiger partial charge in [0.25, 0.3) is 5.69 Å². The number of nitro groups is 1. The van der Waals surface area contributed by atoms with Gasteiger partial charge in [-0.05, 0) is 51.5 Å². The van der Waals surface area contributed by atoms with E-state index in [1.54, 1.807) is 29.8 Å². The van der Waals surface area contributed by atoms with Crippen LogP contribution in [0.5, 0.6) is 0 Å². The van der Waals surface area contributed by atoms with E-state index < -0.39 is 4.92 Å². The Labute approximate surface area is 155 Å². The molecule has 0 spiro atoms. The van der Waals surface area contributed by atoms with Gasteiger partial charge in [0.05, 0.1) is 16.3 Å². The number of non-ortho nitro benzene ring substituents is 1. The minimum Gasteiger partial charge on any atom is -0.261 e. The molecule has 0 fully saturated rings. The van der Waals surface area contributed by atoms with E-state index >= 15 is 0 Å². The first-order valence-electron chi connectivity index (χ1n) is 8.28. The zero-order chi connectivity index (χ0) is 19.6. The highest BCUT2D eigenvalue weighted by Crippen LogP contribution is 2.15. The van der Waals surface area contributed by atoms with Gasteiger partial charge in [0.15, 0.2) is 11.6 Å². The van der Waals surface area contributed by atoms with Gasteiger partial charge in [0.2, 0.25) is 0 Å². The Morgan fingerprint density at radius 2 is 1.85 bits per heavy atom. The number of rotatable bonds is 5. The molecular weight excluding hydrogens is 346 g/mol. The maximum Gasteiger partial charge on any atom is 0.269 e. The van der Waals surface area contributed by atoms with Gasteiger partial charge in [0.1, 0.15) is 5.82 Å². The number of aromatic nitrogens is 4. The lowest BCUT2D eigenvalue weighted by Crippen LogP contribution is -2.07. The summed E-state index contributed by atoms with van der Waals surface area (Å²) >= 11 is 0. The fraction of sp³-hybridized carbons (Fsp3) is 0.222. The monoisotopic (exact) mass is 365 g/mol. The number of nitro benzene ring substituents is 1. The standard InChI is InChI=1S/C18H19N7O2/c1-11-9-12(2)24(23-11)18-10-17(19-14(4)20-18)22-21-13(3)15-5-7-16(8-6-15)25(26)27/h5-10H,1-4H3,(H,19,20,22). The molecule has 1 N–H and O–H groups in total. The Balaban J connectivity index is 1.84. The highest BCUT2D eigenvalue weighted by Gasteiger charge is 2.09. The molecular formula is C18H19N7O2. The van der Waals surface area contributed by atoms with Crippen LogP contribution in [0.4, 0.5) is 11.5 Å². The van der Waals surface area contributed by atoms with Crippen LogP contribution in [-0.2, 0) is 0 Å². The lowest BCUT2D eigenvalue weighted by atomic mass is 10.1. The fourth-order valence-electron chi connectivity index (χ4n) is 2.61. The van der Waals surface area contributed by atoms with Gasteiger partial charge >= 0.3 is 0 Å². The van der Waals surface area contributed by atoms with Gasteiger partial charge < -0.3 is 0 Å². The largest absolute Gasteiger partial charge is 0.269 e. The molecule has 9 heteroatoms. The predicted molar refractivity (Wildman–Crippen MR) is 102 cm³/mol. The molecule has 138 valence electrons. The van der Waals surface area contributed by atoms with Crippen molar-refractivity contribution in [3.8, 4) is 5.82 Å². The van der Waals surface area contributed by atoms with Crippen LogP contribution in [0.3, 0.4) is 0 Å². The lowest BCUT2D eigenvalue weighted by molar-refractivity contribution is -0.384. The summed E-state index contributed by atoms with van der Waals surface area (Å²) in [4.78, 5) is 19.1. The zero-order valence-electron chi connectivity index (χ0n) is 15.5. The summed E-state index contributed by atoms with van der Waals surface area (Å²) in [6.45, 7) is 7.49. The second kappa shape index (κ2) is 7.32. The van der Waals surface area contributed by atoms with Crippen LogP contribution < -0.4 is 5.43 Å². The van der Waals surface area contributed by atoms with Gasteiger partial charge in [-0.15, -0.1) is 0 Å². The third kappa shape index (κ3) is 4.14. The van der Waals surface area contributed by atoms with Gasteiger partial charge in [0, 0.05) is 23.9 Å². The van der Waals surface area contributed by atoms with Crippen LogP contribution in [0.2, 0.25) is 0 Å². The molecule has 2 aromatic heterocycles. The van der Waals surface area contributed by atoms with Crippen molar-refractivity contribution in [3.63, 3.8) is 0 Å². The number of nitrogens with zero attached hydrogens (tertiary/aromatic N) is 6. The highest BCUT2D eigenvalue weighted by molar-refractivity contribution is 5.99. The van der Waals surface area contributed by atoms with E-state index in [0.717, 1.165) is 17.0 Å². The molecule has 3 aromatic rings. The summed E-state index contributed by atoms with van der Waals surface area (Å²) in [5.74, 6) is 1.77. The summed E-state index contributed by atoms with van der Waals surface area (Å²) in [7, 11) is 0. The van der Waals surface area contributed by atoms with E-state index in [9.17, 15) is 10.1 Å². The zero-order valence-corrected chi connectivity index (χ0v) is 15.5. The van der Waals surface area contributed by atoms with Gasteiger partial charge in [-0.3, -0.25) is 15.5 Å². The van der Waals surface area contributed by atoms with Crippen LogP contribution in [0.1, 0.15) is 29.7 Å². The summed E-state index contributed by atoms with van der Waals surface area (Å²) in [5, 5.41) is 19.5. The molecule has 1 aromatic carbocycles. The maximum absolute atomic E-state index is 10.7. The van der Waals surface area contributed by atoms with E-state index in [0.29, 0.717) is 23.2 Å². The third-order valence-electron chi connectivity index (χ3n) is 3.89. The van der Waals surface area contributed by atoms with Crippen LogP contribution in [0.15, 0.2) is 41.5 Å². The van der Waals surface area contributed by atoms with Crippen molar-refractivity contribution < 1.29 is 4.92 Å². The molecule has 27 heavy (non-hydrogen) atoms. The van der Waals surface area contributed by atoms with Gasteiger partial charge in [-0.1, -0.05) is 0 Å². The van der Waals surface area contributed by atoms with Crippen LogP contribution >= 0.6 is 0 Å². The first-order chi connectivity index (χ1) is 12.8. The minimum atomic E-state index is -0.432. The molecule has 2 heterocycles. The van der Waals surface area contributed by atoms with Crippen molar-refractivity contribution >= 4 is 17.2 Å². The molecule has 0 atom stereocenters. The second-order valence-corrected chi connectivity index (χ2v) is 6.11. The van der Waals surface area contributed by atoms with Crippen LogP contribution in [-0.4, -0.2) is 30.4 Å². The average molecular weight is 365 g/mol. The molecule has 0 radical (unpaired) electrons. The summed E-state index contributed by atoms with van der Waals surface area (Å²) in [6.07, 6.45) is 0. The van der Waals surface area contributed by atoms with Crippen molar-refractivity contribution in [2.75, 3.05) is 5.43 Å². The van der Waals surface area contributed by atoms with E-state index in [1.807, 2.05) is 26.8 Å². The number of hydrogen-bond acceptors (Lipinski definition) is 7. The van der Waals surface area contributed by atoms with E-state index in [-0.39, 0.29) is 5.69 Å². The van der Waals surface area contributed by atoms with Crippen LogP contribution in [0, 0.1) is 30.9 Å². The Morgan fingerprint density at radius 1 is 1.15 bits per heavy atom. The molecule has 9 nitrogen and oxygen atoms in total. The van der Waals surface area contributed by atoms with E-state index in [1.165, 1.54) is 12.1 Å². The van der Waals surface area contributed by atoms with Crippen molar-refractivity contribution in [2.45, 2.75) is 27.7 Å². The normalized spacial score (nSPS) is 11.5.